The number of nitrogens with zero attached hydrogens (tertiary/aromatic N) is 1. The molecule has 0 radical (unpaired) electrons. The standard InChI is InChI=1S/C15H21FN2O3/c1-12(19)18(9-3-11-21-2)10-8-17-15(20)13-4-6-14(16)7-5-13/h4-7H,3,8-11H2,1-2H3,(H,17,20). The van der Waals surface area contributed by atoms with Gasteiger partial charge in [0.05, 0.1) is 0 Å². The maximum absolute atomic E-state index is 12.8. The van der Waals surface area contributed by atoms with Crippen molar-refractivity contribution in [3.8, 4) is 0 Å². The van der Waals surface area contributed by atoms with Crippen molar-refractivity contribution >= 4 is 11.8 Å². The molecule has 1 aromatic rings. The lowest BCUT2D eigenvalue weighted by atomic mass is 10.2. The van der Waals surface area contributed by atoms with Gasteiger partial charge in [-0.2, -0.15) is 0 Å². The first-order chi connectivity index (χ1) is 10.0. The molecule has 0 heterocycles. The number of rotatable bonds is 8. The summed E-state index contributed by atoms with van der Waals surface area (Å²) in [4.78, 5) is 24.9. The number of hydrogen-bond donors (Lipinski definition) is 1. The Balaban J connectivity index is 2.37. The number of hydrogen-bond acceptors (Lipinski definition) is 3. The molecule has 0 aliphatic heterocycles. The maximum atomic E-state index is 12.8. The van der Waals surface area contributed by atoms with Crippen molar-refractivity contribution in [2.75, 3.05) is 33.4 Å². The molecular formula is C15H21FN2O3. The predicted molar refractivity (Wildman–Crippen MR) is 77.5 cm³/mol. The van der Waals surface area contributed by atoms with Crippen molar-refractivity contribution < 1.29 is 18.7 Å². The second kappa shape index (κ2) is 9.07. The lowest BCUT2D eigenvalue weighted by Crippen LogP contribution is -2.38. The lowest BCUT2D eigenvalue weighted by Gasteiger charge is -2.21. The van der Waals surface area contributed by atoms with Crippen LogP contribution in [0.2, 0.25) is 0 Å². The largest absolute Gasteiger partial charge is 0.385 e. The van der Waals surface area contributed by atoms with Crippen LogP contribution in [0, 0.1) is 5.82 Å². The third kappa shape index (κ3) is 6.35. The van der Waals surface area contributed by atoms with E-state index in [1.165, 1.54) is 31.2 Å². The van der Waals surface area contributed by atoms with Gasteiger partial charge in [-0.3, -0.25) is 9.59 Å². The van der Waals surface area contributed by atoms with Crippen LogP contribution < -0.4 is 5.32 Å². The normalized spacial score (nSPS) is 10.2. The average Bonchev–Trinajstić information content (AvgIpc) is 2.46. The van der Waals surface area contributed by atoms with E-state index in [9.17, 15) is 14.0 Å². The molecule has 1 N–H and O–H groups in total. The van der Waals surface area contributed by atoms with E-state index in [-0.39, 0.29) is 17.6 Å². The first-order valence-corrected chi connectivity index (χ1v) is 6.83. The van der Waals surface area contributed by atoms with Crippen LogP contribution >= 0.6 is 0 Å². The summed E-state index contributed by atoms with van der Waals surface area (Å²) in [5.41, 5.74) is 0.394. The van der Waals surface area contributed by atoms with Gasteiger partial charge < -0.3 is 15.0 Å². The number of amides is 2. The fourth-order valence-electron chi connectivity index (χ4n) is 1.83. The SMILES string of the molecule is COCCCN(CCNC(=O)c1ccc(F)cc1)C(C)=O. The van der Waals surface area contributed by atoms with E-state index in [0.717, 1.165) is 6.42 Å². The zero-order valence-electron chi connectivity index (χ0n) is 12.4. The van der Waals surface area contributed by atoms with Crippen LogP contribution in [0.15, 0.2) is 24.3 Å². The zero-order chi connectivity index (χ0) is 15.7. The van der Waals surface area contributed by atoms with Crippen molar-refractivity contribution in [2.45, 2.75) is 13.3 Å². The molecule has 0 bridgehead atoms. The highest BCUT2D eigenvalue weighted by Crippen LogP contribution is 2.02. The van der Waals surface area contributed by atoms with Crippen LogP contribution in [0.4, 0.5) is 4.39 Å². The van der Waals surface area contributed by atoms with Crippen LogP contribution in [0.1, 0.15) is 23.7 Å². The number of carbonyl (C=O) groups is 2. The van der Waals surface area contributed by atoms with E-state index in [4.69, 9.17) is 4.74 Å². The smallest absolute Gasteiger partial charge is 0.251 e. The van der Waals surface area contributed by atoms with Gasteiger partial charge in [-0.05, 0) is 30.7 Å². The van der Waals surface area contributed by atoms with Gasteiger partial charge in [0, 0.05) is 45.8 Å². The van der Waals surface area contributed by atoms with Gasteiger partial charge in [-0.1, -0.05) is 0 Å². The second-order valence-corrected chi connectivity index (χ2v) is 4.62. The molecule has 1 rings (SSSR count). The van der Waals surface area contributed by atoms with E-state index in [1.54, 1.807) is 12.0 Å². The minimum Gasteiger partial charge on any atom is -0.385 e. The van der Waals surface area contributed by atoms with Crippen LogP contribution in [-0.2, 0) is 9.53 Å². The van der Waals surface area contributed by atoms with Gasteiger partial charge >= 0.3 is 0 Å². The monoisotopic (exact) mass is 296 g/mol. The van der Waals surface area contributed by atoms with Crippen molar-refractivity contribution in [2.24, 2.45) is 0 Å². The molecular weight excluding hydrogens is 275 g/mol. The number of carbonyl (C=O) groups excluding carboxylic acids is 2. The number of nitrogens with one attached hydrogen (secondary N) is 1. The Morgan fingerprint density at radius 2 is 1.90 bits per heavy atom. The average molecular weight is 296 g/mol. The summed E-state index contributed by atoms with van der Waals surface area (Å²) in [5, 5.41) is 2.71. The number of ether oxygens (including phenoxy) is 1. The van der Waals surface area contributed by atoms with Crippen molar-refractivity contribution in [3.63, 3.8) is 0 Å². The molecule has 0 aliphatic rings. The molecule has 0 unspecified atom stereocenters. The zero-order valence-corrected chi connectivity index (χ0v) is 12.4. The number of benzene rings is 1. The molecule has 0 aromatic heterocycles. The molecule has 6 heteroatoms. The Hall–Kier alpha value is -1.95. The van der Waals surface area contributed by atoms with Crippen LogP contribution in [0.5, 0.6) is 0 Å². The second-order valence-electron chi connectivity index (χ2n) is 4.62. The number of methoxy groups -OCH3 is 1. The summed E-state index contributed by atoms with van der Waals surface area (Å²) < 4.78 is 17.7. The van der Waals surface area contributed by atoms with Crippen LogP contribution in [0.25, 0.3) is 0 Å². The van der Waals surface area contributed by atoms with E-state index in [0.29, 0.717) is 31.8 Å². The minimum absolute atomic E-state index is 0.0397. The highest BCUT2D eigenvalue weighted by molar-refractivity contribution is 5.94. The Kier molecular flexibility index (Phi) is 7.39. The summed E-state index contributed by atoms with van der Waals surface area (Å²) >= 11 is 0. The molecule has 0 saturated heterocycles. The van der Waals surface area contributed by atoms with E-state index in [1.807, 2.05) is 0 Å². The van der Waals surface area contributed by atoms with Gasteiger partial charge in [-0.15, -0.1) is 0 Å². The Morgan fingerprint density at radius 3 is 2.48 bits per heavy atom. The van der Waals surface area contributed by atoms with Crippen LogP contribution in [-0.4, -0.2) is 50.1 Å². The molecule has 21 heavy (non-hydrogen) atoms. The molecule has 0 atom stereocenters. The third-order valence-corrected chi connectivity index (χ3v) is 3.00. The predicted octanol–water partition coefficient (Wildman–Crippen LogP) is 1.44. The van der Waals surface area contributed by atoms with Gasteiger partial charge in [0.2, 0.25) is 5.91 Å². The molecule has 5 nitrogen and oxygen atoms in total. The Labute approximate surface area is 124 Å². The molecule has 116 valence electrons. The molecule has 0 saturated carbocycles. The fraction of sp³-hybridized carbons (Fsp3) is 0.467. The van der Waals surface area contributed by atoms with Crippen molar-refractivity contribution in [1.82, 2.24) is 10.2 Å². The molecule has 0 aliphatic carbocycles. The van der Waals surface area contributed by atoms with Crippen molar-refractivity contribution in [3.05, 3.63) is 35.6 Å². The van der Waals surface area contributed by atoms with Crippen LogP contribution in [0.3, 0.4) is 0 Å². The van der Waals surface area contributed by atoms with E-state index >= 15 is 0 Å². The highest BCUT2D eigenvalue weighted by Gasteiger charge is 2.09. The minimum atomic E-state index is -0.382. The topological polar surface area (TPSA) is 58.6 Å². The first kappa shape index (κ1) is 17.1. The summed E-state index contributed by atoms with van der Waals surface area (Å²) in [6.45, 7) is 3.46. The van der Waals surface area contributed by atoms with Gasteiger partial charge in [-0.25, -0.2) is 4.39 Å². The molecule has 1 aromatic carbocycles. The Morgan fingerprint density at radius 1 is 1.24 bits per heavy atom. The highest BCUT2D eigenvalue weighted by atomic mass is 19.1. The quantitative estimate of drug-likeness (QED) is 0.739. The maximum Gasteiger partial charge on any atom is 0.251 e. The van der Waals surface area contributed by atoms with Gasteiger partial charge in [0.1, 0.15) is 5.82 Å². The summed E-state index contributed by atoms with van der Waals surface area (Å²) in [6.07, 6.45) is 0.752. The number of halogens is 1. The van der Waals surface area contributed by atoms with Gasteiger partial charge in [0.25, 0.3) is 5.91 Å². The molecule has 0 fully saturated rings. The fourth-order valence-corrected chi connectivity index (χ4v) is 1.83. The lowest BCUT2D eigenvalue weighted by molar-refractivity contribution is -0.129. The molecule has 2 amide bonds. The van der Waals surface area contributed by atoms with E-state index in [2.05, 4.69) is 5.32 Å². The molecule has 0 spiro atoms. The summed E-state index contributed by atoms with van der Waals surface area (Å²) in [6, 6.07) is 5.32. The third-order valence-electron chi connectivity index (χ3n) is 3.00. The Bertz CT molecular complexity index is 462. The summed E-state index contributed by atoms with van der Waals surface area (Å²) in [5.74, 6) is -0.704. The summed E-state index contributed by atoms with van der Waals surface area (Å²) in [7, 11) is 1.61. The van der Waals surface area contributed by atoms with Crippen molar-refractivity contribution in [1.29, 1.82) is 0 Å². The first-order valence-electron chi connectivity index (χ1n) is 6.83. The van der Waals surface area contributed by atoms with Gasteiger partial charge in [0.15, 0.2) is 0 Å². The van der Waals surface area contributed by atoms with E-state index < -0.39 is 0 Å².